The SMILES string of the molecule is Cn1nnc2c1-c1ccccc1C#Cc1ccccc1-2. The summed E-state index contributed by atoms with van der Waals surface area (Å²) in [5.41, 5.74) is 6.03. The van der Waals surface area contributed by atoms with Crippen molar-refractivity contribution in [3.05, 3.63) is 59.7 Å². The van der Waals surface area contributed by atoms with Crippen LogP contribution >= 0.6 is 0 Å². The van der Waals surface area contributed by atoms with E-state index in [4.69, 9.17) is 0 Å². The maximum atomic E-state index is 4.34. The monoisotopic (exact) mass is 257 g/mol. The van der Waals surface area contributed by atoms with E-state index in [1.54, 1.807) is 0 Å². The van der Waals surface area contributed by atoms with E-state index in [0.29, 0.717) is 0 Å². The molecule has 0 aliphatic heterocycles. The molecule has 3 nitrogen and oxygen atoms in total. The lowest BCUT2D eigenvalue weighted by molar-refractivity contribution is 0.721. The van der Waals surface area contributed by atoms with Crippen LogP contribution in [-0.4, -0.2) is 15.0 Å². The van der Waals surface area contributed by atoms with Crippen molar-refractivity contribution in [1.82, 2.24) is 15.0 Å². The zero-order valence-electron chi connectivity index (χ0n) is 11.0. The fraction of sp³-hybridized carbons (Fsp3) is 0.0588. The Morgan fingerprint density at radius 3 is 2.20 bits per heavy atom. The minimum Gasteiger partial charge on any atom is -0.247 e. The molecule has 4 rings (SSSR count). The lowest BCUT2D eigenvalue weighted by Crippen LogP contribution is -1.98. The molecule has 0 unspecified atom stereocenters. The first-order valence-corrected chi connectivity index (χ1v) is 6.45. The summed E-state index contributed by atoms with van der Waals surface area (Å²) in [4.78, 5) is 0. The van der Waals surface area contributed by atoms with Crippen LogP contribution in [0.5, 0.6) is 0 Å². The molecule has 0 spiro atoms. The van der Waals surface area contributed by atoms with E-state index in [0.717, 1.165) is 33.6 Å². The molecule has 0 radical (unpaired) electrons. The van der Waals surface area contributed by atoms with E-state index in [2.05, 4.69) is 28.2 Å². The minimum absolute atomic E-state index is 0.893. The van der Waals surface area contributed by atoms with Crippen LogP contribution in [0.25, 0.3) is 22.5 Å². The normalized spacial score (nSPS) is 11.2. The summed E-state index contributed by atoms with van der Waals surface area (Å²) in [6.07, 6.45) is 0. The molecule has 0 atom stereocenters. The van der Waals surface area contributed by atoms with Gasteiger partial charge in [0.2, 0.25) is 0 Å². The van der Waals surface area contributed by atoms with Gasteiger partial charge >= 0.3 is 0 Å². The van der Waals surface area contributed by atoms with Gasteiger partial charge in [-0.1, -0.05) is 53.5 Å². The highest BCUT2D eigenvalue weighted by Gasteiger charge is 2.19. The van der Waals surface area contributed by atoms with Gasteiger partial charge in [-0.2, -0.15) is 0 Å². The molecule has 0 bridgehead atoms. The summed E-state index contributed by atoms with van der Waals surface area (Å²) in [6, 6.07) is 16.2. The number of rotatable bonds is 0. The van der Waals surface area contributed by atoms with Gasteiger partial charge in [0, 0.05) is 29.3 Å². The molecule has 2 aromatic carbocycles. The van der Waals surface area contributed by atoms with E-state index in [-0.39, 0.29) is 0 Å². The first-order valence-electron chi connectivity index (χ1n) is 6.45. The Bertz CT molecular complexity index is 878. The Labute approximate surface area is 116 Å². The predicted molar refractivity (Wildman–Crippen MR) is 77.9 cm³/mol. The summed E-state index contributed by atoms with van der Waals surface area (Å²) in [6.45, 7) is 0. The van der Waals surface area contributed by atoms with Crippen LogP contribution in [0.15, 0.2) is 48.5 Å². The van der Waals surface area contributed by atoms with Crippen molar-refractivity contribution in [3.63, 3.8) is 0 Å². The molecule has 1 aliphatic carbocycles. The first-order chi connectivity index (χ1) is 9.84. The van der Waals surface area contributed by atoms with Gasteiger partial charge < -0.3 is 0 Å². The smallest absolute Gasteiger partial charge is 0.122 e. The zero-order chi connectivity index (χ0) is 13.5. The molecular weight excluding hydrogens is 246 g/mol. The van der Waals surface area contributed by atoms with Gasteiger partial charge in [-0.3, -0.25) is 0 Å². The number of nitrogens with zero attached hydrogens (tertiary/aromatic N) is 3. The Hall–Kier alpha value is -2.86. The molecule has 1 aliphatic rings. The summed E-state index contributed by atoms with van der Waals surface area (Å²) in [5.74, 6) is 6.50. The predicted octanol–water partition coefficient (Wildman–Crippen LogP) is 2.86. The molecule has 0 saturated carbocycles. The minimum atomic E-state index is 0.893. The lowest BCUT2D eigenvalue weighted by Gasteiger charge is -2.10. The molecule has 3 heteroatoms. The standard InChI is InChI=1S/C17H11N3/c1-20-17-15-9-5-3-7-13(15)11-10-12-6-2-4-8-14(12)16(17)18-19-20/h2-9H,1H3. The average molecular weight is 257 g/mol. The first kappa shape index (κ1) is 11.0. The van der Waals surface area contributed by atoms with E-state index in [9.17, 15) is 0 Å². The molecule has 94 valence electrons. The Kier molecular flexibility index (Phi) is 2.24. The largest absolute Gasteiger partial charge is 0.247 e. The molecule has 0 N–H and O–H groups in total. The summed E-state index contributed by atoms with van der Waals surface area (Å²) in [5, 5.41) is 8.53. The van der Waals surface area contributed by atoms with Crippen molar-refractivity contribution < 1.29 is 0 Å². The topological polar surface area (TPSA) is 30.7 Å². The van der Waals surface area contributed by atoms with Gasteiger partial charge in [0.15, 0.2) is 0 Å². The number of fused-ring (bicyclic) bond motifs is 5. The maximum absolute atomic E-state index is 4.34. The van der Waals surface area contributed by atoms with Crippen LogP contribution in [0.3, 0.4) is 0 Å². The Balaban J connectivity index is 2.17. The Morgan fingerprint density at radius 1 is 0.850 bits per heavy atom. The van der Waals surface area contributed by atoms with E-state index in [1.807, 2.05) is 54.2 Å². The van der Waals surface area contributed by atoms with Crippen LogP contribution in [0, 0.1) is 11.8 Å². The number of hydrogen-bond acceptors (Lipinski definition) is 2. The third-order valence-corrected chi connectivity index (χ3v) is 3.52. The number of aryl methyl sites for hydroxylation is 1. The van der Waals surface area contributed by atoms with Crippen LogP contribution in [0.2, 0.25) is 0 Å². The van der Waals surface area contributed by atoms with Crippen LogP contribution in [-0.2, 0) is 7.05 Å². The van der Waals surface area contributed by atoms with Crippen molar-refractivity contribution in [2.45, 2.75) is 0 Å². The van der Waals surface area contributed by atoms with Gasteiger partial charge in [0.1, 0.15) is 5.69 Å². The summed E-state index contributed by atoms with van der Waals surface area (Å²) < 4.78 is 1.82. The van der Waals surface area contributed by atoms with Crippen molar-refractivity contribution in [3.8, 4) is 34.4 Å². The van der Waals surface area contributed by atoms with Crippen molar-refractivity contribution in [2.24, 2.45) is 7.05 Å². The van der Waals surface area contributed by atoms with Crippen LogP contribution < -0.4 is 0 Å². The van der Waals surface area contributed by atoms with Crippen molar-refractivity contribution >= 4 is 0 Å². The molecule has 0 saturated heterocycles. The second-order valence-electron chi connectivity index (χ2n) is 4.75. The van der Waals surface area contributed by atoms with Crippen molar-refractivity contribution in [1.29, 1.82) is 0 Å². The van der Waals surface area contributed by atoms with Crippen molar-refractivity contribution in [2.75, 3.05) is 0 Å². The van der Waals surface area contributed by atoms with Crippen LogP contribution in [0.4, 0.5) is 0 Å². The highest BCUT2D eigenvalue weighted by molar-refractivity contribution is 5.85. The van der Waals surface area contributed by atoms with E-state index >= 15 is 0 Å². The van der Waals surface area contributed by atoms with Gasteiger partial charge in [-0.05, 0) is 12.1 Å². The quantitative estimate of drug-likeness (QED) is 0.453. The third-order valence-electron chi connectivity index (χ3n) is 3.52. The van der Waals surface area contributed by atoms with Crippen LogP contribution in [0.1, 0.15) is 11.1 Å². The number of hydrogen-bond donors (Lipinski definition) is 0. The van der Waals surface area contributed by atoms with E-state index < -0.39 is 0 Å². The second kappa shape index (κ2) is 4.07. The number of aromatic nitrogens is 3. The molecule has 3 aromatic rings. The lowest BCUT2D eigenvalue weighted by atomic mass is 9.95. The highest BCUT2D eigenvalue weighted by atomic mass is 15.4. The van der Waals surface area contributed by atoms with Gasteiger partial charge in [-0.25, -0.2) is 4.68 Å². The fourth-order valence-corrected chi connectivity index (χ4v) is 2.57. The molecular formula is C17H11N3. The molecule has 1 aromatic heterocycles. The maximum Gasteiger partial charge on any atom is 0.122 e. The Morgan fingerprint density at radius 2 is 1.45 bits per heavy atom. The molecule has 20 heavy (non-hydrogen) atoms. The van der Waals surface area contributed by atoms with Gasteiger partial charge in [0.05, 0.1) is 5.69 Å². The number of benzene rings is 2. The second-order valence-corrected chi connectivity index (χ2v) is 4.75. The molecule has 1 heterocycles. The average Bonchev–Trinajstić information content (AvgIpc) is 2.85. The molecule has 0 fully saturated rings. The summed E-state index contributed by atoms with van der Waals surface area (Å²) in [7, 11) is 1.92. The fourth-order valence-electron chi connectivity index (χ4n) is 2.57. The third kappa shape index (κ3) is 1.49. The summed E-state index contributed by atoms with van der Waals surface area (Å²) >= 11 is 0. The van der Waals surface area contributed by atoms with E-state index in [1.165, 1.54) is 0 Å². The van der Waals surface area contributed by atoms with Gasteiger partial charge in [-0.15, -0.1) is 5.10 Å². The highest BCUT2D eigenvalue weighted by Crippen LogP contribution is 2.34. The van der Waals surface area contributed by atoms with Gasteiger partial charge in [0.25, 0.3) is 0 Å². The molecule has 0 amide bonds. The zero-order valence-corrected chi connectivity index (χ0v) is 11.0.